The maximum Gasteiger partial charge on any atom is 0.261 e. The molecule has 0 aliphatic carbocycles. The summed E-state index contributed by atoms with van der Waals surface area (Å²) in [5.74, 6) is -2.70. The summed E-state index contributed by atoms with van der Waals surface area (Å²) in [7, 11) is -3.28. The monoisotopic (exact) mass is 240 g/mol. The maximum absolute atomic E-state index is 13.1. The van der Waals surface area contributed by atoms with Crippen molar-refractivity contribution in [2.75, 3.05) is 25.4 Å². The highest BCUT2D eigenvalue weighted by Gasteiger charge is 2.43. The number of piperidine rings is 1. The van der Waals surface area contributed by atoms with Gasteiger partial charge in [0.05, 0.1) is 12.3 Å². The van der Waals surface area contributed by atoms with E-state index in [1.54, 1.807) is 0 Å². The van der Waals surface area contributed by atoms with Gasteiger partial charge < -0.3 is 5.32 Å². The topological polar surface area (TPSA) is 49.4 Å². The van der Waals surface area contributed by atoms with Gasteiger partial charge in [0.2, 0.25) is 10.0 Å². The Hall–Kier alpha value is -0.270. The van der Waals surface area contributed by atoms with Crippen molar-refractivity contribution in [1.82, 2.24) is 9.62 Å². The second-order valence-corrected chi connectivity index (χ2v) is 6.17. The maximum atomic E-state index is 13.1. The van der Waals surface area contributed by atoms with Gasteiger partial charge in [-0.05, 0) is 6.42 Å². The van der Waals surface area contributed by atoms with Gasteiger partial charge in [0.25, 0.3) is 5.92 Å². The molecule has 1 atom stereocenters. The highest BCUT2D eigenvalue weighted by Crippen LogP contribution is 2.28. The van der Waals surface area contributed by atoms with E-state index in [-0.39, 0.29) is 18.7 Å². The molecule has 0 unspecified atom stereocenters. The van der Waals surface area contributed by atoms with Crippen molar-refractivity contribution in [3.63, 3.8) is 0 Å². The SMILES string of the molecule is O=S1(=O)CCCN1[C@H]1CNCC(F)(F)C1. The highest BCUT2D eigenvalue weighted by atomic mass is 32.2. The van der Waals surface area contributed by atoms with E-state index in [2.05, 4.69) is 5.32 Å². The number of hydrogen-bond donors (Lipinski definition) is 1. The van der Waals surface area contributed by atoms with Crippen LogP contribution in [0, 0.1) is 0 Å². The summed E-state index contributed by atoms with van der Waals surface area (Å²) >= 11 is 0. The van der Waals surface area contributed by atoms with Gasteiger partial charge in [0, 0.05) is 25.6 Å². The zero-order valence-electron chi connectivity index (χ0n) is 8.25. The highest BCUT2D eigenvalue weighted by molar-refractivity contribution is 7.89. The van der Waals surface area contributed by atoms with Gasteiger partial charge >= 0.3 is 0 Å². The van der Waals surface area contributed by atoms with Gasteiger partial charge in [-0.15, -0.1) is 0 Å². The first-order chi connectivity index (χ1) is 6.91. The van der Waals surface area contributed by atoms with Crippen LogP contribution in [0.4, 0.5) is 8.78 Å². The minimum Gasteiger partial charge on any atom is -0.310 e. The zero-order valence-corrected chi connectivity index (χ0v) is 9.06. The summed E-state index contributed by atoms with van der Waals surface area (Å²) in [6.07, 6.45) is 0.184. The molecule has 0 saturated carbocycles. The number of nitrogens with one attached hydrogen (secondary N) is 1. The summed E-state index contributed by atoms with van der Waals surface area (Å²) in [6.45, 7) is 0.358. The summed E-state index contributed by atoms with van der Waals surface area (Å²) < 4.78 is 50.4. The lowest BCUT2D eigenvalue weighted by Gasteiger charge is -2.34. The molecule has 15 heavy (non-hydrogen) atoms. The average molecular weight is 240 g/mol. The molecule has 2 fully saturated rings. The van der Waals surface area contributed by atoms with Gasteiger partial charge in [0.15, 0.2) is 0 Å². The number of halogens is 2. The van der Waals surface area contributed by atoms with E-state index in [1.165, 1.54) is 4.31 Å². The Bertz CT molecular complexity index is 345. The van der Waals surface area contributed by atoms with Crippen molar-refractivity contribution >= 4 is 10.0 Å². The van der Waals surface area contributed by atoms with Crippen molar-refractivity contribution in [1.29, 1.82) is 0 Å². The molecule has 0 aromatic carbocycles. The molecular formula is C8H14F2N2O2S. The standard InChI is InChI=1S/C8H14F2N2O2S/c9-8(10)4-7(5-11-6-8)12-2-1-3-15(12,13)14/h7,11H,1-6H2/t7-/m1/s1. The van der Waals surface area contributed by atoms with Gasteiger partial charge in [-0.1, -0.05) is 0 Å². The van der Waals surface area contributed by atoms with E-state index < -0.39 is 22.0 Å². The molecule has 4 nitrogen and oxygen atoms in total. The van der Waals surface area contributed by atoms with E-state index in [0.717, 1.165) is 0 Å². The van der Waals surface area contributed by atoms with Crippen molar-refractivity contribution in [3.05, 3.63) is 0 Å². The molecule has 2 heterocycles. The van der Waals surface area contributed by atoms with Crippen LogP contribution in [0.15, 0.2) is 0 Å². The van der Waals surface area contributed by atoms with Crippen LogP contribution in [-0.2, 0) is 10.0 Å². The van der Waals surface area contributed by atoms with E-state index in [0.29, 0.717) is 19.5 Å². The molecule has 0 amide bonds. The molecular weight excluding hydrogens is 226 g/mol. The number of nitrogens with zero attached hydrogens (tertiary/aromatic N) is 1. The van der Waals surface area contributed by atoms with Crippen LogP contribution >= 0.6 is 0 Å². The van der Waals surface area contributed by atoms with Gasteiger partial charge in [-0.25, -0.2) is 17.2 Å². The third-order valence-electron chi connectivity index (χ3n) is 2.84. The molecule has 0 spiro atoms. The van der Waals surface area contributed by atoms with Gasteiger partial charge in [0.1, 0.15) is 0 Å². The Kier molecular flexibility index (Phi) is 2.72. The Labute approximate surface area is 87.7 Å². The molecule has 0 radical (unpaired) electrons. The predicted octanol–water partition coefficient (Wildman–Crippen LogP) is 0.0191. The molecule has 2 rings (SSSR count). The fraction of sp³-hybridized carbons (Fsp3) is 1.00. The first-order valence-electron chi connectivity index (χ1n) is 4.99. The van der Waals surface area contributed by atoms with Crippen molar-refractivity contribution in [2.45, 2.75) is 24.8 Å². The molecule has 1 N–H and O–H groups in total. The van der Waals surface area contributed by atoms with Crippen LogP contribution in [-0.4, -0.2) is 50.1 Å². The first kappa shape index (κ1) is 11.2. The number of sulfonamides is 1. The summed E-state index contributed by atoms with van der Waals surface area (Å²) in [5, 5.41) is 2.58. The van der Waals surface area contributed by atoms with Crippen molar-refractivity contribution in [2.24, 2.45) is 0 Å². The lowest BCUT2D eigenvalue weighted by atomic mass is 10.0. The molecule has 2 aliphatic rings. The van der Waals surface area contributed by atoms with Crippen molar-refractivity contribution < 1.29 is 17.2 Å². The molecule has 0 aromatic rings. The number of hydrogen-bond acceptors (Lipinski definition) is 3. The fourth-order valence-corrected chi connectivity index (χ4v) is 3.92. The van der Waals surface area contributed by atoms with E-state index in [4.69, 9.17) is 0 Å². The molecule has 2 saturated heterocycles. The molecule has 0 bridgehead atoms. The van der Waals surface area contributed by atoms with Crippen LogP contribution in [0.2, 0.25) is 0 Å². The first-order valence-corrected chi connectivity index (χ1v) is 6.60. The molecule has 0 aromatic heterocycles. The molecule has 7 heteroatoms. The normalized spacial score (nSPS) is 35.5. The van der Waals surface area contributed by atoms with Gasteiger partial charge in [-0.3, -0.25) is 0 Å². The Balaban J connectivity index is 2.11. The second-order valence-electron chi connectivity index (χ2n) is 4.13. The average Bonchev–Trinajstić information content (AvgIpc) is 2.43. The number of alkyl halides is 2. The third kappa shape index (κ3) is 2.29. The number of rotatable bonds is 1. The minimum atomic E-state index is -3.28. The largest absolute Gasteiger partial charge is 0.310 e. The fourth-order valence-electron chi connectivity index (χ4n) is 2.18. The Morgan fingerprint density at radius 1 is 1.40 bits per heavy atom. The smallest absolute Gasteiger partial charge is 0.261 e. The molecule has 88 valence electrons. The third-order valence-corrected chi connectivity index (χ3v) is 4.84. The van der Waals surface area contributed by atoms with Crippen LogP contribution in [0.1, 0.15) is 12.8 Å². The van der Waals surface area contributed by atoms with E-state index >= 15 is 0 Å². The van der Waals surface area contributed by atoms with Crippen LogP contribution in [0.25, 0.3) is 0 Å². The Morgan fingerprint density at radius 2 is 2.13 bits per heavy atom. The second kappa shape index (κ2) is 3.64. The van der Waals surface area contributed by atoms with Crippen molar-refractivity contribution in [3.8, 4) is 0 Å². The minimum absolute atomic E-state index is 0.0923. The van der Waals surface area contributed by atoms with E-state index in [1.807, 2.05) is 0 Å². The predicted molar refractivity (Wildman–Crippen MR) is 51.3 cm³/mol. The Morgan fingerprint density at radius 3 is 2.67 bits per heavy atom. The lowest BCUT2D eigenvalue weighted by molar-refractivity contribution is -0.0397. The quantitative estimate of drug-likeness (QED) is 0.703. The summed E-state index contributed by atoms with van der Waals surface area (Å²) in [6, 6.07) is -0.582. The summed E-state index contributed by atoms with van der Waals surface area (Å²) in [4.78, 5) is 0. The van der Waals surface area contributed by atoms with E-state index in [9.17, 15) is 17.2 Å². The lowest BCUT2D eigenvalue weighted by Crippen LogP contribution is -2.53. The van der Waals surface area contributed by atoms with Gasteiger partial charge in [-0.2, -0.15) is 4.31 Å². The van der Waals surface area contributed by atoms with Crippen LogP contribution in [0.3, 0.4) is 0 Å². The summed E-state index contributed by atoms with van der Waals surface area (Å²) in [5.41, 5.74) is 0. The van der Waals surface area contributed by atoms with Crippen LogP contribution < -0.4 is 5.32 Å². The van der Waals surface area contributed by atoms with Crippen LogP contribution in [0.5, 0.6) is 0 Å². The molecule has 2 aliphatic heterocycles. The zero-order chi connectivity index (χ0) is 11.1.